The third-order valence-corrected chi connectivity index (χ3v) is 4.82. The Morgan fingerprint density at radius 1 is 0.759 bits per heavy atom. The number of hydrogen-bond acceptors (Lipinski definition) is 3. The Hall–Kier alpha value is -3.15. The molecule has 6 heteroatoms. The molecule has 0 radical (unpaired) electrons. The molecule has 0 spiro atoms. The average Bonchev–Trinajstić information content (AvgIpc) is 2.85. The molecule has 0 bridgehead atoms. The minimum atomic E-state index is -0.614. The van der Waals surface area contributed by atoms with Gasteiger partial charge in [0.05, 0.1) is 11.1 Å². The van der Waals surface area contributed by atoms with E-state index >= 15 is 0 Å². The molecule has 1 heterocycles. The van der Waals surface area contributed by atoms with E-state index in [0.29, 0.717) is 22.5 Å². The van der Waals surface area contributed by atoms with Gasteiger partial charge >= 0.3 is 6.03 Å². The van der Waals surface area contributed by atoms with E-state index in [2.05, 4.69) is 31.4 Å². The van der Waals surface area contributed by atoms with Gasteiger partial charge in [-0.05, 0) is 62.1 Å². The van der Waals surface area contributed by atoms with Crippen LogP contribution in [0.5, 0.6) is 0 Å². The summed E-state index contributed by atoms with van der Waals surface area (Å²) in [7, 11) is 0. The second kappa shape index (κ2) is 7.03. The Kier molecular flexibility index (Phi) is 4.99. The molecular weight excluding hydrogens is 366 g/mol. The molecule has 152 valence electrons. The Morgan fingerprint density at radius 3 is 1.83 bits per heavy atom. The first-order valence-corrected chi connectivity index (χ1v) is 9.59. The fourth-order valence-corrected chi connectivity index (χ4v) is 3.27. The zero-order chi connectivity index (χ0) is 21.6. The van der Waals surface area contributed by atoms with Crippen molar-refractivity contribution < 1.29 is 14.4 Å². The fourth-order valence-electron chi connectivity index (χ4n) is 3.27. The monoisotopic (exact) mass is 393 g/mol. The Balaban J connectivity index is 1.73. The van der Waals surface area contributed by atoms with E-state index < -0.39 is 11.6 Å². The zero-order valence-electron chi connectivity index (χ0n) is 17.7. The predicted molar refractivity (Wildman–Crippen MR) is 114 cm³/mol. The highest BCUT2D eigenvalue weighted by Crippen LogP contribution is 2.31. The van der Waals surface area contributed by atoms with Crippen LogP contribution in [-0.2, 0) is 5.41 Å². The first-order chi connectivity index (χ1) is 13.4. The zero-order valence-corrected chi connectivity index (χ0v) is 17.7. The van der Waals surface area contributed by atoms with E-state index in [9.17, 15) is 14.4 Å². The highest BCUT2D eigenvalue weighted by atomic mass is 16.2. The summed E-state index contributed by atoms with van der Waals surface area (Å²) in [5.41, 5.74) is 2.37. The molecular formula is C23H27N3O3. The molecule has 29 heavy (non-hydrogen) atoms. The van der Waals surface area contributed by atoms with Gasteiger partial charge in [-0.3, -0.25) is 14.5 Å². The number of amides is 4. The van der Waals surface area contributed by atoms with Gasteiger partial charge in [0, 0.05) is 16.9 Å². The van der Waals surface area contributed by atoms with E-state index in [-0.39, 0.29) is 17.2 Å². The van der Waals surface area contributed by atoms with Crippen LogP contribution >= 0.6 is 0 Å². The van der Waals surface area contributed by atoms with Gasteiger partial charge in [0.15, 0.2) is 0 Å². The van der Waals surface area contributed by atoms with Crippen LogP contribution < -0.4 is 10.6 Å². The molecule has 0 aliphatic carbocycles. The van der Waals surface area contributed by atoms with Gasteiger partial charge in [0.2, 0.25) is 0 Å². The minimum absolute atomic E-state index is 0.0378. The molecule has 0 fully saturated rings. The number of carbonyl (C=O) groups is 3. The molecule has 6 nitrogen and oxygen atoms in total. The van der Waals surface area contributed by atoms with E-state index in [1.807, 2.05) is 45.0 Å². The van der Waals surface area contributed by atoms with E-state index in [4.69, 9.17) is 0 Å². The van der Waals surface area contributed by atoms with Crippen LogP contribution in [0.3, 0.4) is 0 Å². The SMILES string of the molecule is CC(C)(C)c1ccc(NC(=O)Nc2ccc3c(c2)C(=O)N(C(C)(C)C)C3=O)cc1. The quantitative estimate of drug-likeness (QED) is 0.703. The van der Waals surface area contributed by atoms with Gasteiger partial charge in [0.25, 0.3) is 11.8 Å². The molecule has 0 atom stereocenters. The molecule has 1 aliphatic rings. The van der Waals surface area contributed by atoms with E-state index in [1.165, 1.54) is 10.5 Å². The number of benzene rings is 2. The van der Waals surface area contributed by atoms with Crippen molar-refractivity contribution >= 4 is 29.2 Å². The van der Waals surface area contributed by atoms with Crippen molar-refractivity contribution in [3.05, 3.63) is 59.2 Å². The number of anilines is 2. The van der Waals surface area contributed by atoms with Gasteiger partial charge in [-0.2, -0.15) is 0 Å². The number of hydrogen-bond donors (Lipinski definition) is 2. The van der Waals surface area contributed by atoms with Crippen molar-refractivity contribution in [1.82, 2.24) is 4.90 Å². The molecule has 0 saturated carbocycles. The van der Waals surface area contributed by atoms with Crippen molar-refractivity contribution in [2.45, 2.75) is 52.5 Å². The van der Waals surface area contributed by atoms with E-state index in [0.717, 1.165) is 0 Å². The minimum Gasteiger partial charge on any atom is -0.308 e. The maximum absolute atomic E-state index is 12.7. The highest BCUT2D eigenvalue weighted by molar-refractivity contribution is 6.22. The molecule has 3 rings (SSSR count). The predicted octanol–water partition coefficient (Wildman–Crippen LogP) is 5.02. The molecule has 2 N–H and O–H groups in total. The normalized spacial score (nSPS) is 14.1. The number of urea groups is 1. The van der Waals surface area contributed by atoms with Gasteiger partial charge in [0.1, 0.15) is 0 Å². The Bertz CT molecular complexity index is 980. The van der Waals surface area contributed by atoms with Gasteiger partial charge in [-0.25, -0.2) is 4.79 Å². The Labute approximate surface area is 171 Å². The van der Waals surface area contributed by atoms with Crippen LogP contribution in [0.1, 0.15) is 67.8 Å². The summed E-state index contributed by atoms with van der Waals surface area (Å²) in [5.74, 6) is -0.660. The average molecular weight is 393 g/mol. The lowest BCUT2D eigenvalue weighted by Crippen LogP contribution is -2.45. The molecule has 2 aromatic rings. The third-order valence-electron chi connectivity index (χ3n) is 4.82. The number of fused-ring (bicyclic) bond motifs is 1. The molecule has 4 amide bonds. The van der Waals surface area contributed by atoms with Gasteiger partial charge < -0.3 is 10.6 Å². The largest absolute Gasteiger partial charge is 0.323 e. The van der Waals surface area contributed by atoms with Crippen LogP contribution in [0.4, 0.5) is 16.2 Å². The number of rotatable bonds is 2. The summed E-state index contributed by atoms with van der Waals surface area (Å²) in [6, 6.07) is 12.0. The molecule has 0 unspecified atom stereocenters. The van der Waals surface area contributed by atoms with Crippen LogP contribution in [0.2, 0.25) is 0 Å². The van der Waals surface area contributed by atoms with E-state index in [1.54, 1.807) is 18.2 Å². The van der Waals surface area contributed by atoms with Crippen LogP contribution in [0.15, 0.2) is 42.5 Å². The van der Waals surface area contributed by atoms with Crippen LogP contribution in [0.25, 0.3) is 0 Å². The van der Waals surface area contributed by atoms with Crippen LogP contribution in [-0.4, -0.2) is 28.3 Å². The standard InChI is InChI=1S/C23H27N3O3/c1-22(2,3)14-7-9-15(10-8-14)24-21(29)25-16-11-12-17-18(13-16)20(28)26(19(17)27)23(4,5)6/h7-13H,1-6H3,(H2,24,25,29). The summed E-state index contributed by atoms with van der Waals surface area (Å²) < 4.78 is 0. The number of imide groups is 1. The van der Waals surface area contributed by atoms with Crippen LogP contribution in [0, 0.1) is 0 Å². The van der Waals surface area contributed by atoms with Gasteiger partial charge in [-0.15, -0.1) is 0 Å². The summed E-state index contributed by atoms with van der Waals surface area (Å²) in [6.45, 7) is 11.8. The third kappa shape index (κ3) is 4.16. The van der Waals surface area contributed by atoms with Gasteiger partial charge in [-0.1, -0.05) is 32.9 Å². The first-order valence-electron chi connectivity index (χ1n) is 9.59. The lowest BCUT2D eigenvalue weighted by molar-refractivity contribution is 0.0507. The number of carbonyl (C=O) groups excluding carboxylic acids is 3. The second-order valence-corrected chi connectivity index (χ2v) is 9.28. The second-order valence-electron chi connectivity index (χ2n) is 9.28. The fraction of sp³-hybridized carbons (Fsp3) is 0.348. The molecule has 1 aliphatic heterocycles. The molecule has 2 aromatic carbocycles. The molecule has 0 aromatic heterocycles. The van der Waals surface area contributed by atoms with Crippen molar-refractivity contribution in [2.24, 2.45) is 0 Å². The topological polar surface area (TPSA) is 78.5 Å². The lowest BCUT2D eigenvalue weighted by Gasteiger charge is -2.29. The highest BCUT2D eigenvalue weighted by Gasteiger charge is 2.41. The Morgan fingerprint density at radius 2 is 1.28 bits per heavy atom. The summed E-state index contributed by atoms with van der Waals surface area (Å²) >= 11 is 0. The lowest BCUT2D eigenvalue weighted by atomic mass is 9.87. The summed E-state index contributed by atoms with van der Waals surface area (Å²) in [4.78, 5) is 38.8. The molecule has 0 saturated heterocycles. The first kappa shape index (κ1) is 20.6. The maximum atomic E-state index is 12.7. The maximum Gasteiger partial charge on any atom is 0.323 e. The summed E-state index contributed by atoms with van der Waals surface area (Å²) in [6.07, 6.45) is 0. The smallest absolute Gasteiger partial charge is 0.308 e. The number of nitrogens with zero attached hydrogens (tertiary/aromatic N) is 1. The van der Waals surface area contributed by atoms with Crippen molar-refractivity contribution in [3.8, 4) is 0 Å². The van der Waals surface area contributed by atoms with Crippen molar-refractivity contribution in [1.29, 1.82) is 0 Å². The van der Waals surface area contributed by atoms with Crippen molar-refractivity contribution in [2.75, 3.05) is 10.6 Å². The van der Waals surface area contributed by atoms with Crippen molar-refractivity contribution in [3.63, 3.8) is 0 Å². The summed E-state index contributed by atoms with van der Waals surface area (Å²) in [5, 5.41) is 5.50. The number of nitrogens with one attached hydrogen (secondary N) is 2.